The Morgan fingerprint density at radius 3 is 2.71 bits per heavy atom. The van der Waals surface area contributed by atoms with Gasteiger partial charge in [-0.05, 0) is 42.2 Å². The van der Waals surface area contributed by atoms with Crippen molar-refractivity contribution in [2.75, 3.05) is 13.1 Å². The van der Waals surface area contributed by atoms with Gasteiger partial charge < -0.3 is 5.32 Å². The maximum absolute atomic E-state index is 13.0. The Morgan fingerprint density at radius 1 is 1.21 bits per heavy atom. The molecule has 24 heavy (non-hydrogen) atoms. The van der Waals surface area contributed by atoms with Crippen LogP contribution in [-0.4, -0.2) is 37.8 Å². The predicted molar refractivity (Wildman–Crippen MR) is 94.2 cm³/mol. The van der Waals surface area contributed by atoms with Gasteiger partial charge in [-0.2, -0.15) is 4.31 Å². The molecule has 6 heteroatoms. The fourth-order valence-electron chi connectivity index (χ4n) is 3.12. The number of carbonyl (C=O) groups is 1. The van der Waals surface area contributed by atoms with E-state index in [2.05, 4.69) is 5.32 Å². The first-order valence-corrected chi connectivity index (χ1v) is 9.76. The van der Waals surface area contributed by atoms with Gasteiger partial charge in [0.05, 0.1) is 4.90 Å². The molecule has 1 aliphatic rings. The maximum atomic E-state index is 13.0. The van der Waals surface area contributed by atoms with Crippen LogP contribution in [0.3, 0.4) is 0 Å². The average molecular weight is 346 g/mol. The molecule has 0 spiro atoms. The minimum Gasteiger partial charge on any atom is -0.355 e. The lowest BCUT2D eigenvalue weighted by Crippen LogP contribution is -2.46. The number of nitrogens with zero attached hydrogens (tertiary/aromatic N) is 1. The summed E-state index contributed by atoms with van der Waals surface area (Å²) in [5.74, 6) is -0.196. The molecule has 0 radical (unpaired) electrons. The third-order valence-corrected chi connectivity index (χ3v) is 6.29. The van der Waals surface area contributed by atoms with Crippen molar-refractivity contribution < 1.29 is 13.2 Å². The van der Waals surface area contributed by atoms with Crippen LogP contribution in [0.5, 0.6) is 0 Å². The van der Waals surface area contributed by atoms with Gasteiger partial charge in [0.15, 0.2) is 0 Å². The summed E-state index contributed by atoms with van der Waals surface area (Å²) in [6.45, 7) is 2.93. The summed E-state index contributed by atoms with van der Waals surface area (Å²) in [7, 11) is -3.68. The van der Waals surface area contributed by atoms with Crippen molar-refractivity contribution in [3.8, 4) is 0 Å². The second kappa shape index (κ2) is 6.91. The van der Waals surface area contributed by atoms with E-state index in [1.165, 1.54) is 4.31 Å². The monoisotopic (exact) mass is 346 g/mol. The van der Waals surface area contributed by atoms with Crippen LogP contribution in [0.1, 0.15) is 26.2 Å². The predicted octanol–water partition coefficient (Wildman–Crippen LogP) is 2.52. The van der Waals surface area contributed by atoms with E-state index >= 15 is 0 Å². The third kappa shape index (κ3) is 3.16. The van der Waals surface area contributed by atoms with Crippen LogP contribution in [0.2, 0.25) is 0 Å². The van der Waals surface area contributed by atoms with E-state index in [0.717, 1.165) is 17.2 Å². The highest BCUT2D eigenvalue weighted by atomic mass is 32.2. The molecule has 1 atom stereocenters. The zero-order valence-corrected chi connectivity index (χ0v) is 14.6. The van der Waals surface area contributed by atoms with Gasteiger partial charge in [-0.15, -0.1) is 0 Å². The van der Waals surface area contributed by atoms with Crippen LogP contribution in [0.4, 0.5) is 0 Å². The molecule has 1 aliphatic heterocycles. The number of sulfonamides is 1. The van der Waals surface area contributed by atoms with Gasteiger partial charge in [-0.25, -0.2) is 8.42 Å². The Kier molecular flexibility index (Phi) is 4.87. The van der Waals surface area contributed by atoms with E-state index in [0.29, 0.717) is 25.9 Å². The maximum Gasteiger partial charge on any atom is 0.243 e. The van der Waals surface area contributed by atoms with Gasteiger partial charge in [0.2, 0.25) is 15.9 Å². The van der Waals surface area contributed by atoms with Crippen LogP contribution in [0.25, 0.3) is 10.8 Å². The van der Waals surface area contributed by atoms with Gasteiger partial charge >= 0.3 is 0 Å². The molecule has 0 saturated carbocycles. The van der Waals surface area contributed by atoms with Crippen LogP contribution < -0.4 is 5.32 Å². The van der Waals surface area contributed by atoms with E-state index < -0.39 is 16.1 Å². The van der Waals surface area contributed by atoms with Crippen LogP contribution >= 0.6 is 0 Å². The molecule has 3 rings (SSSR count). The normalized spacial score (nSPS) is 18.8. The SMILES string of the molecule is CCCNC(=O)[C@@H]1CCCN1S(=O)(=O)c1ccc2ccccc2c1. The Hall–Kier alpha value is -1.92. The van der Waals surface area contributed by atoms with Crippen molar-refractivity contribution in [2.45, 2.75) is 37.1 Å². The Labute approximate surface area is 142 Å². The van der Waals surface area contributed by atoms with Gasteiger partial charge in [0.1, 0.15) is 6.04 Å². The summed E-state index contributed by atoms with van der Waals surface area (Å²) in [5.41, 5.74) is 0. The van der Waals surface area contributed by atoms with Crippen LogP contribution in [0.15, 0.2) is 47.4 Å². The standard InChI is InChI=1S/C18H22N2O3S/c1-2-11-19-18(21)17-8-5-12-20(17)24(22,23)16-10-9-14-6-3-4-7-15(14)13-16/h3-4,6-7,9-10,13,17H,2,5,8,11-12H2,1H3,(H,19,21)/t17-/m0/s1. The second-order valence-electron chi connectivity index (χ2n) is 6.07. The first-order valence-electron chi connectivity index (χ1n) is 8.32. The molecule has 1 heterocycles. The van der Waals surface area contributed by atoms with Crippen molar-refractivity contribution in [1.29, 1.82) is 0 Å². The summed E-state index contributed by atoms with van der Waals surface area (Å²) >= 11 is 0. The Balaban J connectivity index is 1.91. The lowest BCUT2D eigenvalue weighted by molar-refractivity contribution is -0.124. The number of amides is 1. The molecule has 5 nitrogen and oxygen atoms in total. The van der Waals surface area contributed by atoms with Crippen molar-refractivity contribution in [1.82, 2.24) is 9.62 Å². The summed E-state index contributed by atoms with van der Waals surface area (Å²) in [6, 6.07) is 12.2. The molecule has 1 saturated heterocycles. The molecule has 0 unspecified atom stereocenters. The number of hydrogen-bond donors (Lipinski definition) is 1. The summed E-state index contributed by atoms with van der Waals surface area (Å²) < 4.78 is 27.4. The minimum atomic E-state index is -3.68. The van der Waals surface area contributed by atoms with Gasteiger partial charge in [-0.3, -0.25) is 4.79 Å². The highest BCUT2D eigenvalue weighted by Crippen LogP contribution is 2.28. The number of hydrogen-bond acceptors (Lipinski definition) is 3. The molecule has 0 bridgehead atoms. The van der Waals surface area contributed by atoms with Crippen molar-refractivity contribution in [3.63, 3.8) is 0 Å². The highest BCUT2D eigenvalue weighted by Gasteiger charge is 2.39. The summed E-state index contributed by atoms with van der Waals surface area (Å²) in [6.07, 6.45) is 2.11. The molecule has 0 aromatic heterocycles. The molecule has 0 aliphatic carbocycles. The fourth-order valence-corrected chi connectivity index (χ4v) is 4.81. The number of nitrogens with one attached hydrogen (secondary N) is 1. The summed E-state index contributed by atoms with van der Waals surface area (Å²) in [5, 5.41) is 4.69. The van der Waals surface area contributed by atoms with E-state index in [1.807, 2.05) is 37.3 Å². The number of carbonyl (C=O) groups excluding carboxylic acids is 1. The van der Waals surface area contributed by atoms with E-state index in [4.69, 9.17) is 0 Å². The largest absolute Gasteiger partial charge is 0.355 e. The molecule has 2 aromatic carbocycles. The Morgan fingerprint density at radius 2 is 1.96 bits per heavy atom. The topological polar surface area (TPSA) is 66.5 Å². The van der Waals surface area contributed by atoms with Gasteiger partial charge in [0.25, 0.3) is 0 Å². The van der Waals surface area contributed by atoms with Crippen molar-refractivity contribution in [3.05, 3.63) is 42.5 Å². The number of benzene rings is 2. The van der Waals surface area contributed by atoms with E-state index in [1.54, 1.807) is 12.1 Å². The molecule has 1 N–H and O–H groups in total. The van der Waals surface area contributed by atoms with Crippen molar-refractivity contribution in [2.24, 2.45) is 0 Å². The highest BCUT2D eigenvalue weighted by molar-refractivity contribution is 7.89. The molecule has 128 valence electrons. The molecule has 1 fully saturated rings. The molecule has 2 aromatic rings. The third-order valence-electron chi connectivity index (χ3n) is 4.38. The lowest BCUT2D eigenvalue weighted by Gasteiger charge is -2.23. The number of fused-ring (bicyclic) bond motifs is 1. The van der Waals surface area contributed by atoms with Gasteiger partial charge in [0, 0.05) is 13.1 Å². The second-order valence-corrected chi connectivity index (χ2v) is 7.96. The van der Waals surface area contributed by atoms with Crippen LogP contribution in [-0.2, 0) is 14.8 Å². The molecular weight excluding hydrogens is 324 g/mol. The number of rotatable bonds is 5. The molecular formula is C18H22N2O3S. The zero-order chi connectivity index (χ0) is 17.2. The fraction of sp³-hybridized carbons (Fsp3) is 0.389. The quantitative estimate of drug-likeness (QED) is 0.905. The summed E-state index contributed by atoms with van der Waals surface area (Å²) in [4.78, 5) is 12.5. The lowest BCUT2D eigenvalue weighted by atomic mass is 10.1. The molecule has 1 amide bonds. The van der Waals surface area contributed by atoms with Crippen LogP contribution in [0, 0.1) is 0 Å². The zero-order valence-electron chi connectivity index (χ0n) is 13.7. The smallest absolute Gasteiger partial charge is 0.243 e. The minimum absolute atomic E-state index is 0.196. The first kappa shape index (κ1) is 16.9. The van der Waals surface area contributed by atoms with Gasteiger partial charge in [-0.1, -0.05) is 37.3 Å². The average Bonchev–Trinajstić information content (AvgIpc) is 3.10. The Bertz CT molecular complexity index is 848. The van der Waals surface area contributed by atoms with E-state index in [9.17, 15) is 13.2 Å². The van der Waals surface area contributed by atoms with Crippen molar-refractivity contribution >= 4 is 26.7 Å². The van der Waals surface area contributed by atoms with E-state index in [-0.39, 0.29) is 10.8 Å². The first-order chi connectivity index (χ1) is 11.5.